The fourth-order valence-corrected chi connectivity index (χ4v) is 3.25. The van der Waals surface area contributed by atoms with Crippen LogP contribution in [0.2, 0.25) is 0 Å². The molecule has 5 nitrogen and oxygen atoms in total. The Kier molecular flexibility index (Phi) is 2.69. The number of carbonyl (C=O) groups is 2. The van der Waals surface area contributed by atoms with Gasteiger partial charge in [-0.15, -0.1) is 0 Å². The Labute approximate surface area is 111 Å². The van der Waals surface area contributed by atoms with Gasteiger partial charge in [0, 0.05) is 30.6 Å². The maximum atomic E-state index is 11.9. The molecular formula is C14H17N3O2. The number of rotatable bonds is 0. The zero-order valence-electron chi connectivity index (χ0n) is 10.7. The Hall–Kier alpha value is -2.04. The van der Waals surface area contributed by atoms with Gasteiger partial charge in [-0.2, -0.15) is 0 Å². The van der Waals surface area contributed by atoms with Crippen LogP contribution >= 0.6 is 0 Å². The summed E-state index contributed by atoms with van der Waals surface area (Å²) in [6.07, 6.45) is 2.08. The van der Waals surface area contributed by atoms with Crippen LogP contribution in [0, 0.1) is 0 Å². The van der Waals surface area contributed by atoms with Gasteiger partial charge in [0.15, 0.2) is 0 Å². The van der Waals surface area contributed by atoms with Crippen molar-refractivity contribution < 1.29 is 9.59 Å². The highest BCUT2D eigenvalue weighted by molar-refractivity contribution is 5.95. The normalized spacial score (nSPS) is 20.8. The maximum absolute atomic E-state index is 11.9. The van der Waals surface area contributed by atoms with Crippen molar-refractivity contribution in [2.45, 2.75) is 24.7 Å². The van der Waals surface area contributed by atoms with Crippen molar-refractivity contribution in [3.63, 3.8) is 0 Å². The first kappa shape index (κ1) is 12.0. The molecule has 19 heavy (non-hydrogen) atoms. The van der Waals surface area contributed by atoms with Crippen LogP contribution in [0.25, 0.3) is 0 Å². The lowest BCUT2D eigenvalue weighted by Crippen LogP contribution is -2.49. The number of hydrogen-bond donors (Lipinski definition) is 2. The van der Waals surface area contributed by atoms with Crippen LogP contribution in [0.3, 0.4) is 0 Å². The summed E-state index contributed by atoms with van der Waals surface area (Å²) in [6.45, 7) is 1.24. The van der Waals surface area contributed by atoms with E-state index in [-0.39, 0.29) is 17.4 Å². The first-order chi connectivity index (χ1) is 9.11. The third-order valence-electron chi connectivity index (χ3n) is 4.30. The summed E-state index contributed by atoms with van der Waals surface area (Å²) < 4.78 is 0. The van der Waals surface area contributed by atoms with Gasteiger partial charge in [-0.25, -0.2) is 4.79 Å². The Morgan fingerprint density at radius 2 is 1.95 bits per heavy atom. The molecule has 0 radical (unpaired) electrons. The molecule has 1 aromatic rings. The quantitative estimate of drug-likeness (QED) is 0.739. The SMILES string of the molecule is NC(=O)N1CCC2(CC1)CC(=O)Nc1ccccc12. The molecule has 0 atom stereocenters. The molecule has 1 spiro atoms. The van der Waals surface area contributed by atoms with E-state index in [4.69, 9.17) is 5.73 Å². The second-order valence-corrected chi connectivity index (χ2v) is 5.38. The Morgan fingerprint density at radius 3 is 2.63 bits per heavy atom. The number of piperidine rings is 1. The molecule has 2 aliphatic heterocycles. The number of likely N-dealkylation sites (tertiary alicyclic amines) is 1. The summed E-state index contributed by atoms with van der Waals surface area (Å²) in [5.74, 6) is 0.0613. The summed E-state index contributed by atoms with van der Waals surface area (Å²) >= 11 is 0. The third-order valence-corrected chi connectivity index (χ3v) is 4.30. The van der Waals surface area contributed by atoms with E-state index in [0.29, 0.717) is 19.5 Å². The molecule has 1 aromatic carbocycles. The van der Waals surface area contributed by atoms with E-state index in [2.05, 4.69) is 11.4 Å². The van der Waals surface area contributed by atoms with Gasteiger partial charge >= 0.3 is 6.03 Å². The fourth-order valence-electron chi connectivity index (χ4n) is 3.25. The van der Waals surface area contributed by atoms with Crippen molar-refractivity contribution in [1.82, 2.24) is 4.90 Å². The summed E-state index contributed by atoms with van der Waals surface area (Å²) in [6, 6.07) is 7.57. The average molecular weight is 259 g/mol. The monoisotopic (exact) mass is 259 g/mol. The van der Waals surface area contributed by atoms with Crippen molar-refractivity contribution in [2.75, 3.05) is 18.4 Å². The van der Waals surface area contributed by atoms with Crippen LogP contribution in [0.5, 0.6) is 0 Å². The van der Waals surface area contributed by atoms with Gasteiger partial charge in [0.1, 0.15) is 0 Å². The van der Waals surface area contributed by atoms with E-state index in [1.165, 1.54) is 5.56 Å². The van der Waals surface area contributed by atoms with Gasteiger partial charge in [-0.05, 0) is 24.5 Å². The van der Waals surface area contributed by atoms with Crippen molar-refractivity contribution in [3.8, 4) is 0 Å². The van der Waals surface area contributed by atoms with Gasteiger partial charge in [-0.1, -0.05) is 18.2 Å². The molecular weight excluding hydrogens is 242 g/mol. The van der Waals surface area contributed by atoms with Gasteiger partial charge in [0.2, 0.25) is 5.91 Å². The number of urea groups is 1. The average Bonchev–Trinajstić information content (AvgIpc) is 2.39. The molecule has 0 aliphatic carbocycles. The minimum atomic E-state index is -0.372. The van der Waals surface area contributed by atoms with Crippen LogP contribution in [-0.4, -0.2) is 29.9 Å². The van der Waals surface area contributed by atoms with Crippen molar-refractivity contribution in [1.29, 1.82) is 0 Å². The third kappa shape index (κ3) is 1.95. The summed E-state index contributed by atoms with van der Waals surface area (Å²) in [5.41, 5.74) is 7.28. The number of nitrogens with one attached hydrogen (secondary N) is 1. The van der Waals surface area contributed by atoms with E-state index in [1.807, 2.05) is 18.2 Å². The molecule has 3 amide bonds. The highest BCUT2D eigenvalue weighted by atomic mass is 16.2. The minimum Gasteiger partial charge on any atom is -0.351 e. The molecule has 0 unspecified atom stereocenters. The zero-order valence-corrected chi connectivity index (χ0v) is 10.7. The lowest BCUT2D eigenvalue weighted by molar-refractivity contribution is -0.118. The molecule has 5 heteroatoms. The van der Waals surface area contributed by atoms with E-state index < -0.39 is 0 Å². The lowest BCUT2D eigenvalue weighted by atomic mass is 9.68. The Bertz CT molecular complexity index is 533. The number of para-hydroxylation sites is 1. The predicted octanol–water partition coefficient (Wildman–Crippen LogP) is 1.44. The van der Waals surface area contributed by atoms with Crippen molar-refractivity contribution >= 4 is 17.6 Å². The van der Waals surface area contributed by atoms with Crippen LogP contribution in [-0.2, 0) is 10.2 Å². The molecule has 3 N–H and O–H groups in total. The number of primary amides is 1. The second kappa shape index (κ2) is 4.26. The van der Waals surface area contributed by atoms with E-state index >= 15 is 0 Å². The number of nitrogens with two attached hydrogens (primary N) is 1. The predicted molar refractivity (Wildman–Crippen MR) is 71.8 cm³/mol. The minimum absolute atomic E-state index is 0.0613. The molecule has 1 saturated heterocycles. The number of benzene rings is 1. The number of hydrogen-bond acceptors (Lipinski definition) is 2. The largest absolute Gasteiger partial charge is 0.351 e. The Balaban J connectivity index is 1.93. The zero-order chi connectivity index (χ0) is 13.5. The number of amides is 3. The summed E-state index contributed by atoms with van der Waals surface area (Å²) in [7, 11) is 0. The molecule has 2 heterocycles. The van der Waals surface area contributed by atoms with E-state index in [9.17, 15) is 9.59 Å². The molecule has 1 fully saturated rings. The highest BCUT2D eigenvalue weighted by Gasteiger charge is 2.42. The first-order valence-electron chi connectivity index (χ1n) is 6.54. The Morgan fingerprint density at radius 1 is 1.26 bits per heavy atom. The molecule has 0 bridgehead atoms. The second-order valence-electron chi connectivity index (χ2n) is 5.38. The fraction of sp³-hybridized carbons (Fsp3) is 0.429. The number of carbonyl (C=O) groups excluding carboxylic acids is 2. The molecule has 0 aromatic heterocycles. The lowest BCUT2D eigenvalue weighted by Gasteiger charge is -2.44. The first-order valence-corrected chi connectivity index (χ1v) is 6.54. The molecule has 3 rings (SSSR count). The molecule has 2 aliphatic rings. The van der Waals surface area contributed by atoms with Gasteiger partial charge in [0.25, 0.3) is 0 Å². The molecule has 100 valence electrons. The van der Waals surface area contributed by atoms with Gasteiger partial charge in [-0.3, -0.25) is 4.79 Å². The van der Waals surface area contributed by atoms with E-state index in [1.54, 1.807) is 4.90 Å². The molecule has 0 saturated carbocycles. The summed E-state index contributed by atoms with van der Waals surface area (Å²) in [4.78, 5) is 24.8. The van der Waals surface area contributed by atoms with Crippen molar-refractivity contribution in [2.24, 2.45) is 5.73 Å². The van der Waals surface area contributed by atoms with Crippen LogP contribution in [0.15, 0.2) is 24.3 Å². The maximum Gasteiger partial charge on any atom is 0.314 e. The van der Waals surface area contributed by atoms with E-state index in [0.717, 1.165) is 18.5 Å². The highest BCUT2D eigenvalue weighted by Crippen LogP contribution is 2.44. The number of anilines is 1. The van der Waals surface area contributed by atoms with Crippen molar-refractivity contribution in [3.05, 3.63) is 29.8 Å². The number of fused-ring (bicyclic) bond motifs is 2. The standard InChI is InChI=1S/C14H17N3O2/c15-13(19)17-7-5-14(6-8-17)9-12(18)16-11-4-2-1-3-10(11)14/h1-4H,5-9H2,(H2,15,19)(H,16,18). The topological polar surface area (TPSA) is 75.4 Å². The van der Waals surface area contributed by atoms with Gasteiger partial charge < -0.3 is 16.0 Å². The smallest absolute Gasteiger partial charge is 0.314 e. The summed E-state index contributed by atoms with van der Waals surface area (Å²) in [5, 5.41) is 2.92. The van der Waals surface area contributed by atoms with Crippen LogP contribution in [0.1, 0.15) is 24.8 Å². The van der Waals surface area contributed by atoms with Crippen LogP contribution < -0.4 is 11.1 Å². The van der Waals surface area contributed by atoms with Gasteiger partial charge in [0.05, 0.1) is 0 Å². The number of nitrogens with zero attached hydrogens (tertiary/aromatic N) is 1. The van der Waals surface area contributed by atoms with Crippen LogP contribution in [0.4, 0.5) is 10.5 Å².